The quantitative estimate of drug-likeness (QED) is 0.574. The van der Waals surface area contributed by atoms with Crippen LogP contribution in [0, 0.1) is 0 Å². The fourth-order valence-corrected chi connectivity index (χ4v) is 2.35. The normalized spacial score (nSPS) is 10.0. The number of anilines is 2. The van der Waals surface area contributed by atoms with E-state index < -0.39 is 0 Å². The fourth-order valence-electron chi connectivity index (χ4n) is 2.35. The Morgan fingerprint density at radius 3 is 2.30 bits per heavy atom. The summed E-state index contributed by atoms with van der Waals surface area (Å²) < 4.78 is 0. The molecule has 2 aromatic rings. The highest BCUT2D eigenvalue weighted by atomic mass is 16.2. The van der Waals surface area contributed by atoms with Crippen molar-refractivity contribution in [1.82, 2.24) is 10.6 Å². The summed E-state index contributed by atoms with van der Waals surface area (Å²) in [5, 5.41) is 11.1. The first-order valence-corrected chi connectivity index (χ1v) is 8.77. The van der Waals surface area contributed by atoms with Crippen molar-refractivity contribution in [1.29, 1.82) is 0 Å². The summed E-state index contributed by atoms with van der Waals surface area (Å²) in [6.45, 7) is 2.69. The molecule has 0 unspecified atom stereocenters. The van der Waals surface area contributed by atoms with Crippen LogP contribution in [0.5, 0.6) is 0 Å². The van der Waals surface area contributed by atoms with Crippen molar-refractivity contribution in [2.75, 3.05) is 30.8 Å². The van der Waals surface area contributed by atoms with Gasteiger partial charge in [-0.2, -0.15) is 0 Å². The number of benzene rings is 2. The van der Waals surface area contributed by atoms with Crippen molar-refractivity contribution >= 4 is 29.1 Å². The molecule has 0 fully saturated rings. The monoisotopic (exact) mass is 368 g/mol. The summed E-state index contributed by atoms with van der Waals surface area (Å²) in [7, 11) is 1.55. The minimum Gasteiger partial charge on any atom is -0.376 e. The van der Waals surface area contributed by atoms with Crippen LogP contribution in [0.4, 0.5) is 11.4 Å². The molecule has 0 atom stereocenters. The molecule has 7 nitrogen and oxygen atoms in total. The van der Waals surface area contributed by atoms with Crippen LogP contribution in [0.1, 0.15) is 34.1 Å². The Hall–Kier alpha value is -3.35. The van der Waals surface area contributed by atoms with E-state index in [1.807, 2.05) is 6.92 Å². The van der Waals surface area contributed by atoms with Gasteiger partial charge in [0, 0.05) is 36.1 Å². The van der Waals surface area contributed by atoms with Crippen molar-refractivity contribution in [2.24, 2.45) is 0 Å². The van der Waals surface area contributed by atoms with Crippen LogP contribution in [-0.2, 0) is 4.79 Å². The van der Waals surface area contributed by atoms with E-state index in [4.69, 9.17) is 0 Å². The van der Waals surface area contributed by atoms with E-state index in [0.29, 0.717) is 23.4 Å². The van der Waals surface area contributed by atoms with E-state index in [1.165, 1.54) is 0 Å². The highest BCUT2D eigenvalue weighted by Gasteiger charge is 2.07. The maximum atomic E-state index is 12.1. The summed E-state index contributed by atoms with van der Waals surface area (Å²) >= 11 is 0. The van der Waals surface area contributed by atoms with Gasteiger partial charge < -0.3 is 21.3 Å². The first-order valence-electron chi connectivity index (χ1n) is 8.77. The van der Waals surface area contributed by atoms with E-state index in [9.17, 15) is 14.4 Å². The van der Waals surface area contributed by atoms with E-state index in [1.54, 1.807) is 55.6 Å². The van der Waals surface area contributed by atoms with Crippen LogP contribution in [0.15, 0.2) is 48.5 Å². The average Bonchev–Trinajstić information content (AvgIpc) is 2.70. The summed E-state index contributed by atoms with van der Waals surface area (Å²) in [4.78, 5) is 35.6. The first kappa shape index (κ1) is 20.0. The van der Waals surface area contributed by atoms with Gasteiger partial charge in [0.05, 0.1) is 6.54 Å². The van der Waals surface area contributed by atoms with E-state index >= 15 is 0 Å². The molecule has 0 aliphatic heterocycles. The molecule has 0 aromatic heterocycles. The average molecular weight is 368 g/mol. The van der Waals surface area contributed by atoms with Crippen LogP contribution in [0.2, 0.25) is 0 Å². The molecular formula is C20H24N4O3. The van der Waals surface area contributed by atoms with E-state index in [0.717, 1.165) is 12.1 Å². The zero-order chi connectivity index (χ0) is 19.6. The minimum atomic E-state index is -0.242. The smallest absolute Gasteiger partial charge is 0.251 e. The first-order chi connectivity index (χ1) is 13.0. The molecule has 0 aliphatic rings. The molecule has 0 bridgehead atoms. The Labute approximate surface area is 158 Å². The molecule has 2 aromatic carbocycles. The lowest BCUT2D eigenvalue weighted by Crippen LogP contribution is -2.24. The number of nitrogens with one attached hydrogen (secondary N) is 4. The Morgan fingerprint density at radius 2 is 1.63 bits per heavy atom. The third kappa shape index (κ3) is 6.14. The number of hydrogen-bond acceptors (Lipinski definition) is 4. The Bertz CT molecular complexity index is 803. The molecule has 0 spiro atoms. The van der Waals surface area contributed by atoms with Crippen LogP contribution in [0.3, 0.4) is 0 Å². The summed E-state index contributed by atoms with van der Waals surface area (Å²) in [6.07, 6.45) is 0.881. The van der Waals surface area contributed by atoms with Crippen molar-refractivity contribution in [3.05, 3.63) is 59.7 Å². The van der Waals surface area contributed by atoms with Gasteiger partial charge in [-0.05, 0) is 48.9 Å². The summed E-state index contributed by atoms with van der Waals surface area (Å²) in [5.74, 6) is -0.571. The molecule has 7 heteroatoms. The van der Waals surface area contributed by atoms with Gasteiger partial charge in [0.1, 0.15) is 0 Å². The van der Waals surface area contributed by atoms with Gasteiger partial charge >= 0.3 is 0 Å². The molecule has 3 amide bonds. The number of amides is 3. The summed E-state index contributed by atoms with van der Waals surface area (Å²) in [5.41, 5.74) is 2.33. The van der Waals surface area contributed by atoms with Gasteiger partial charge in [0.25, 0.3) is 11.8 Å². The lowest BCUT2D eigenvalue weighted by molar-refractivity contribution is -0.114. The van der Waals surface area contributed by atoms with Crippen molar-refractivity contribution in [2.45, 2.75) is 13.3 Å². The van der Waals surface area contributed by atoms with Gasteiger partial charge in [0.15, 0.2) is 0 Å². The molecule has 2 rings (SSSR count). The van der Waals surface area contributed by atoms with E-state index in [-0.39, 0.29) is 24.3 Å². The van der Waals surface area contributed by atoms with E-state index in [2.05, 4.69) is 21.3 Å². The zero-order valence-electron chi connectivity index (χ0n) is 15.5. The predicted molar refractivity (Wildman–Crippen MR) is 106 cm³/mol. The molecule has 0 aliphatic carbocycles. The topological polar surface area (TPSA) is 99.3 Å². The van der Waals surface area contributed by atoms with Gasteiger partial charge in [0.2, 0.25) is 5.91 Å². The van der Waals surface area contributed by atoms with Crippen LogP contribution in [0.25, 0.3) is 0 Å². The number of rotatable bonds is 8. The second kappa shape index (κ2) is 9.96. The molecule has 4 N–H and O–H groups in total. The number of carbonyl (C=O) groups excluding carboxylic acids is 3. The highest BCUT2D eigenvalue weighted by Crippen LogP contribution is 2.12. The standard InChI is InChI=1S/C20H24N4O3/c1-3-11-22-20(27)14-7-9-16(10-8-14)23-13-18(25)24-17-6-4-5-15(12-17)19(26)21-2/h4-10,12,23H,3,11,13H2,1-2H3,(H,21,26)(H,22,27)(H,24,25). The lowest BCUT2D eigenvalue weighted by Gasteiger charge is -2.09. The van der Waals surface area contributed by atoms with Crippen molar-refractivity contribution in [3.8, 4) is 0 Å². The van der Waals surface area contributed by atoms with Crippen LogP contribution in [-0.4, -0.2) is 37.9 Å². The molecular weight excluding hydrogens is 344 g/mol. The second-order valence-corrected chi connectivity index (χ2v) is 5.89. The lowest BCUT2D eigenvalue weighted by atomic mass is 10.2. The predicted octanol–water partition coefficient (Wildman–Crippen LogP) is 2.24. The number of hydrogen-bond donors (Lipinski definition) is 4. The van der Waals surface area contributed by atoms with Gasteiger partial charge in [-0.15, -0.1) is 0 Å². The fraction of sp³-hybridized carbons (Fsp3) is 0.250. The Kier molecular flexibility index (Phi) is 7.37. The number of carbonyl (C=O) groups is 3. The molecule has 27 heavy (non-hydrogen) atoms. The molecule has 0 radical (unpaired) electrons. The molecule has 142 valence electrons. The third-order valence-corrected chi connectivity index (χ3v) is 3.77. The molecule has 0 saturated heterocycles. The van der Waals surface area contributed by atoms with Crippen LogP contribution >= 0.6 is 0 Å². The molecule has 0 heterocycles. The van der Waals surface area contributed by atoms with Gasteiger partial charge in [-0.1, -0.05) is 13.0 Å². The minimum absolute atomic E-state index is 0.0611. The third-order valence-electron chi connectivity index (χ3n) is 3.77. The second-order valence-electron chi connectivity index (χ2n) is 5.89. The Morgan fingerprint density at radius 1 is 0.889 bits per heavy atom. The highest BCUT2D eigenvalue weighted by molar-refractivity contribution is 5.98. The zero-order valence-corrected chi connectivity index (χ0v) is 15.5. The maximum absolute atomic E-state index is 12.1. The van der Waals surface area contributed by atoms with Gasteiger partial charge in [-0.25, -0.2) is 0 Å². The largest absolute Gasteiger partial charge is 0.376 e. The van der Waals surface area contributed by atoms with Gasteiger partial charge in [-0.3, -0.25) is 14.4 Å². The molecule has 0 saturated carbocycles. The van der Waals surface area contributed by atoms with Crippen molar-refractivity contribution in [3.63, 3.8) is 0 Å². The van der Waals surface area contributed by atoms with Crippen LogP contribution < -0.4 is 21.3 Å². The summed E-state index contributed by atoms with van der Waals surface area (Å²) in [6, 6.07) is 13.6. The SMILES string of the molecule is CCCNC(=O)c1ccc(NCC(=O)Nc2cccc(C(=O)NC)c2)cc1. The maximum Gasteiger partial charge on any atom is 0.251 e. The van der Waals surface area contributed by atoms with Crippen molar-refractivity contribution < 1.29 is 14.4 Å². The Balaban J connectivity index is 1.87.